The van der Waals surface area contributed by atoms with Crippen molar-refractivity contribution in [3.8, 4) is 55.6 Å². The Bertz CT molecular complexity index is 3360. The molecule has 2 nitrogen and oxygen atoms in total. The zero-order valence-electron chi connectivity index (χ0n) is 36.5. The average molecular weight is 829 g/mol. The minimum absolute atomic E-state index is 0.0390. The van der Waals surface area contributed by atoms with Crippen LogP contribution < -0.4 is 26.2 Å². The molecule has 0 radical (unpaired) electrons. The fraction of sp³-hybridized carbons (Fsp3) is 0.0323. The Morgan fingerprint density at radius 3 is 1.18 bits per heavy atom. The van der Waals surface area contributed by atoms with Crippen molar-refractivity contribution in [1.29, 1.82) is 0 Å². The standard InChI is InChI=1S/C62H45BN2/c1-42-36-43(2)38-52(37-42)54-39-49(45-18-9-4-10-19-45)28-33-57(54)65-59-35-30-51(47-22-13-6-14-23-47)41-56(59)63-55-40-50(46-20-11-5-12-21-46)29-34-58(55)64(60-24-15-25-61(65)62(60)63)53-31-26-48(27-32-53)44-16-7-3-8-17-44/h3-41H,1-2H3. The molecule has 2 aliphatic rings. The summed E-state index contributed by atoms with van der Waals surface area (Å²) in [6.07, 6.45) is 0. The number of rotatable bonds is 7. The van der Waals surface area contributed by atoms with Crippen LogP contribution in [0.2, 0.25) is 0 Å². The lowest BCUT2D eigenvalue weighted by Crippen LogP contribution is -2.61. The summed E-state index contributed by atoms with van der Waals surface area (Å²) in [6, 6.07) is 87.4. The maximum Gasteiger partial charge on any atom is 0.252 e. The van der Waals surface area contributed by atoms with Crippen LogP contribution >= 0.6 is 0 Å². The minimum atomic E-state index is -0.0390. The molecular weight excluding hydrogens is 784 g/mol. The molecular formula is C62H45BN2. The van der Waals surface area contributed by atoms with Gasteiger partial charge in [-0.1, -0.05) is 199 Å². The first-order valence-electron chi connectivity index (χ1n) is 22.6. The number of nitrogens with zero attached hydrogens (tertiary/aromatic N) is 2. The molecule has 65 heavy (non-hydrogen) atoms. The summed E-state index contributed by atoms with van der Waals surface area (Å²) in [5.41, 5.74) is 25.5. The van der Waals surface area contributed by atoms with E-state index in [-0.39, 0.29) is 6.71 Å². The van der Waals surface area contributed by atoms with Crippen LogP contribution in [0.4, 0.5) is 34.1 Å². The summed E-state index contributed by atoms with van der Waals surface area (Å²) in [4.78, 5) is 5.06. The van der Waals surface area contributed by atoms with Gasteiger partial charge in [-0.05, 0) is 129 Å². The first-order valence-corrected chi connectivity index (χ1v) is 22.6. The van der Waals surface area contributed by atoms with Crippen LogP contribution in [0.3, 0.4) is 0 Å². The van der Waals surface area contributed by atoms with Crippen LogP contribution in [0.15, 0.2) is 237 Å². The molecule has 306 valence electrons. The number of aryl methyl sites for hydroxylation is 2. The molecule has 0 amide bonds. The van der Waals surface area contributed by atoms with Gasteiger partial charge >= 0.3 is 0 Å². The lowest BCUT2D eigenvalue weighted by molar-refractivity contribution is 1.25. The Hall–Kier alpha value is -8.14. The molecule has 0 bridgehead atoms. The summed E-state index contributed by atoms with van der Waals surface area (Å²) in [7, 11) is 0. The highest BCUT2D eigenvalue weighted by Gasteiger charge is 2.44. The zero-order valence-corrected chi connectivity index (χ0v) is 36.5. The van der Waals surface area contributed by atoms with Crippen molar-refractivity contribution >= 4 is 57.2 Å². The Balaban J connectivity index is 1.14. The number of anilines is 6. The molecule has 0 unspecified atom stereocenters. The van der Waals surface area contributed by atoms with Crippen molar-refractivity contribution < 1.29 is 0 Å². The van der Waals surface area contributed by atoms with E-state index in [2.05, 4.69) is 260 Å². The second kappa shape index (κ2) is 15.9. The summed E-state index contributed by atoms with van der Waals surface area (Å²) < 4.78 is 0. The van der Waals surface area contributed by atoms with Crippen LogP contribution in [0.5, 0.6) is 0 Å². The van der Waals surface area contributed by atoms with Crippen molar-refractivity contribution in [2.75, 3.05) is 9.80 Å². The molecule has 3 heteroatoms. The SMILES string of the molecule is Cc1cc(C)cc(-c2cc(-c3ccccc3)ccc2N2c3ccc(-c4ccccc4)cc3B3c4cc(-c5ccccc5)ccc4N(c4ccc(-c5ccccc5)cc4)c4cccc2c43)c1. The third-order valence-electron chi connectivity index (χ3n) is 13.3. The van der Waals surface area contributed by atoms with E-state index in [4.69, 9.17) is 0 Å². The van der Waals surface area contributed by atoms with E-state index < -0.39 is 0 Å². The molecule has 0 spiro atoms. The third kappa shape index (κ3) is 6.76. The van der Waals surface area contributed by atoms with Gasteiger partial charge in [0.05, 0.1) is 5.69 Å². The van der Waals surface area contributed by atoms with Crippen LogP contribution in [0.1, 0.15) is 11.1 Å². The Labute approximate surface area is 382 Å². The third-order valence-corrected chi connectivity index (χ3v) is 13.3. The molecule has 0 fully saturated rings. The van der Waals surface area contributed by atoms with Crippen molar-refractivity contribution in [3.63, 3.8) is 0 Å². The first-order chi connectivity index (χ1) is 32.1. The number of hydrogen-bond acceptors (Lipinski definition) is 2. The van der Waals surface area contributed by atoms with E-state index >= 15 is 0 Å². The van der Waals surface area contributed by atoms with Gasteiger partial charge in [-0.15, -0.1) is 0 Å². The second-order valence-electron chi connectivity index (χ2n) is 17.5. The molecule has 10 aromatic rings. The lowest BCUT2D eigenvalue weighted by Gasteiger charge is -2.44. The predicted octanol–water partition coefficient (Wildman–Crippen LogP) is 14.7. The first kappa shape index (κ1) is 38.5. The summed E-state index contributed by atoms with van der Waals surface area (Å²) in [5.74, 6) is 0. The van der Waals surface area contributed by atoms with E-state index in [1.807, 2.05) is 0 Å². The van der Waals surface area contributed by atoms with Gasteiger partial charge in [0.2, 0.25) is 0 Å². The normalized spacial score (nSPS) is 12.4. The van der Waals surface area contributed by atoms with Gasteiger partial charge in [0, 0.05) is 34.0 Å². The smallest absolute Gasteiger partial charge is 0.252 e. The topological polar surface area (TPSA) is 6.48 Å². The Morgan fingerprint density at radius 1 is 0.277 bits per heavy atom. The summed E-state index contributed by atoms with van der Waals surface area (Å²) in [6.45, 7) is 4.38. The van der Waals surface area contributed by atoms with E-state index in [1.165, 1.54) is 106 Å². The van der Waals surface area contributed by atoms with Crippen LogP contribution in [0.25, 0.3) is 55.6 Å². The molecule has 0 N–H and O–H groups in total. The fourth-order valence-corrected chi connectivity index (χ4v) is 10.4. The van der Waals surface area contributed by atoms with Crippen molar-refractivity contribution in [1.82, 2.24) is 0 Å². The minimum Gasteiger partial charge on any atom is -0.311 e. The Morgan fingerprint density at radius 2 is 0.677 bits per heavy atom. The van der Waals surface area contributed by atoms with Crippen molar-refractivity contribution in [2.45, 2.75) is 13.8 Å². The largest absolute Gasteiger partial charge is 0.311 e. The summed E-state index contributed by atoms with van der Waals surface area (Å²) >= 11 is 0. The monoisotopic (exact) mass is 828 g/mol. The number of fused-ring (bicyclic) bond motifs is 4. The molecule has 0 atom stereocenters. The molecule has 10 aromatic carbocycles. The van der Waals surface area contributed by atoms with E-state index in [0.29, 0.717) is 0 Å². The predicted molar refractivity (Wildman–Crippen MR) is 277 cm³/mol. The molecule has 0 aliphatic carbocycles. The lowest BCUT2D eigenvalue weighted by atomic mass is 9.33. The quantitative estimate of drug-likeness (QED) is 0.148. The molecule has 2 aliphatic heterocycles. The van der Waals surface area contributed by atoms with Gasteiger partial charge in [0.15, 0.2) is 0 Å². The second-order valence-corrected chi connectivity index (χ2v) is 17.5. The van der Waals surface area contributed by atoms with Gasteiger partial charge in [-0.25, -0.2) is 0 Å². The van der Waals surface area contributed by atoms with Gasteiger partial charge in [0.1, 0.15) is 0 Å². The van der Waals surface area contributed by atoms with E-state index in [1.54, 1.807) is 0 Å². The molecule has 2 heterocycles. The number of benzene rings is 10. The zero-order chi connectivity index (χ0) is 43.4. The average Bonchev–Trinajstić information content (AvgIpc) is 3.37. The fourth-order valence-electron chi connectivity index (χ4n) is 10.4. The van der Waals surface area contributed by atoms with Gasteiger partial charge in [0.25, 0.3) is 6.71 Å². The van der Waals surface area contributed by atoms with Crippen LogP contribution in [-0.2, 0) is 0 Å². The highest BCUT2D eigenvalue weighted by Crippen LogP contribution is 2.48. The number of hydrogen-bond donors (Lipinski definition) is 0. The molecule has 0 saturated carbocycles. The van der Waals surface area contributed by atoms with Gasteiger partial charge in [-0.2, -0.15) is 0 Å². The molecule has 12 rings (SSSR count). The maximum absolute atomic E-state index is 2.56. The van der Waals surface area contributed by atoms with E-state index in [0.717, 1.165) is 11.4 Å². The Kier molecular flexibility index (Phi) is 9.42. The maximum atomic E-state index is 2.56. The van der Waals surface area contributed by atoms with Gasteiger partial charge < -0.3 is 9.80 Å². The van der Waals surface area contributed by atoms with Crippen LogP contribution in [-0.4, -0.2) is 6.71 Å². The van der Waals surface area contributed by atoms with Crippen molar-refractivity contribution in [3.05, 3.63) is 248 Å². The van der Waals surface area contributed by atoms with Gasteiger partial charge in [-0.3, -0.25) is 0 Å². The molecule has 0 aromatic heterocycles. The highest BCUT2D eigenvalue weighted by atomic mass is 15.2. The van der Waals surface area contributed by atoms with E-state index in [9.17, 15) is 0 Å². The van der Waals surface area contributed by atoms with Crippen LogP contribution in [0, 0.1) is 13.8 Å². The summed E-state index contributed by atoms with van der Waals surface area (Å²) in [5, 5.41) is 0. The molecule has 0 saturated heterocycles. The highest BCUT2D eigenvalue weighted by molar-refractivity contribution is 7.00. The van der Waals surface area contributed by atoms with Crippen molar-refractivity contribution in [2.24, 2.45) is 0 Å².